The van der Waals surface area contributed by atoms with Crippen molar-refractivity contribution in [3.8, 4) is 17.3 Å². The fourth-order valence-electron chi connectivity index (χ4n) is 2.62. The summed E-state index contributed by atoms with van der Waals surface area (Å²) in [6.45, 7) is 2.74. The fraction of sp³-hybridized carbons (Fsp3) is 0.333. The third-order valence-electron chi connectivity index (χ3n) is 3.95. The Labute approximate surface area is 133 Å². The predicted molar refractivity (Wildman–Crippen MR) is 82.9 cm³/mol. The van der Waals surface area contributed by atoms with Crippen LogP contribution in [-0.2, 0) is 0 Å². The topological polar surface area (TPSA) is 84.9 Å². The number of nitrogens with zero attached hydrogens (tertiary/aromatic N) is 6. The Morgan fingerprint density at radius 2 is 2.13 bits per heavy atom. The number of piperazine rings is 1. The first-order valence-corrected chi connectivity index (χ1v) is 7.54. The molecule has 0 radical (unpaired) electrons. The molecule has 1 atom stereocenters. The second-order valence-corrected chi connectivity index (χ2v) is 5.51. The summed E-state index contributed by atoms with van der Waals surface area (Å²) in [4.78, 5) is 8.25. The molecular weight excluding hydrogens is 294 g/mol. The lowest BCUT2D eigenvalue weighted by atomic mass is 10.2. The summed E-state index contributed by atoms with van der Waals surface area (Å²) < 4.78 is 5.37. The van der Waals surface area contributed by atoms with E-state index in [2.05, 4.69) is 37.6 Å². The van der Waals surface area contributed by atoms with E-state index in [1.165, 1.54) is 0 Å². The summed E-state index contributed by atoms with van der Waals surface area (Å²) in [7, 11) is 2.06. The zero-order chi connectivity index (χ0) is 15.6. The van der Waals surface area contributed by atoms with Crippen molar-refractivity contribution in [3.05, 3.63) is 42.4 Å². The summed E-state index contributed by atoms with van der Waals surface area (Å²) in [6, 6.07) is 9.82. The summed E-state index contributed by atoms with van der Waals surface area (Å²) in [5.74, 6) is 1.06. The van der Waals surface area contributed by atoms with Crippen LogP contribution in [0.1, 0.15) is 11.9 Å². The number of hydrogen-bond donors (Lipinski definition) is 1. The van der Waals surface area contributed by atoms with Gasteiger partial charge < -0.3 is 9.84 Å². The molecule has 0 bridgehead atoms. The molecular formula is C15H17N7O. The van der Waals surface area contributed by atoms with Crippen LogP contribution in [0.5, 0.6) is 0 Å². The second-order valence-electron chi connectivity index (χ2n) is 5.51. The van der Waals surface area contributed by atoms with E-state index in [9.17, 15) is 0 Å². The van der Waals surface area contributed by atoms with Crippen LogP contribution in [0.25, 0.3) is 17.3 Å². The summed E-state index contributed by atoms with van der Waals surface area (Å²) >= 11 is 0. The van der Waals surface area contributed by atoms with Crippen LogP contribution in [0.3, 0.4) is 0 Å². The lowest BCUT2D eigenvalue weighted by Gasteiger charge is -2.30. The first kappa shape index (κ1) is 14.0. The molecule has 1 fully saturated rings. The molecule has 3 heterocycles. The van der Waals surface area contributed by atoms with Gasteiger partial charge in [-0.2, -0.15) is 14.9 Å². The average molecular weight is 311 g/mol. The molecule has 1 aliphatic rings. The molecule has 0 spiro atoms. The van der Waals surface area contributed by atoms with Crippen LogP contribution in [0.4, 0.5) is 0 Å². The molecule has 0 aliphatic carbocycles. The average Bonchev–Trinajstić information content (AvgIpc) is 3.25. The zero-order valence-corrected chi connectivity index (χ0v) is 12.8. The largest absolute Gasteiger partial charge is 0.332 e. The number of hydrogen-bond acceptors (Lipinski definition) is 7. The molecule has 1 aromatic carbocycles. The highest BCUT2D eigenvalue weighted by Crippen LogP contribution is 2.21. The van der Waals surface area contributed by atoms with E-state index >= 15 is 0 Å². The molecule has 0 amide bonds. The lowest BCUT2D eigenvalue weighted by Crippen LogP contribution is -2.44. The quantitative estimate of drug-likeness (QED) is 0.769. The molecule has 1 unspecified atom stereocenters. The number of rotatable bonds is 3. The number of benzene rings is 1. The van der Waals surface area contributed by atoms with Crippen molar-refractivity contribution in [3.63, 3.8) is 0 Å². The molecule has 4 rings (SSSR count). The highest BCUT2D eigenvalue weighted by atomic mass is 16.5. The van der Waals surface area contributed by atoms with Crippen LogP contribution in [0.2, 0.25) is 0 Å². The van der Waals surface area contributed by atoms with E-state index in [0.29, 0.717) is 17.4 Å². The molecule has 0 saturated carbocycles. The maximum Gasteiger partial charge on any atom is 0.280 e. The predicted octanol–water partition coefficient (Wildman–Crippen LogP) is 0.893. The van der Waals surface area contributed by atoms with E-state index in [1.54, 1.807) is 11.0 Å². The van der Waals surface area contributed by atoms with Crippen molar-refractivity contribution in [2.24, 2.45) is 0 Å². The maximum atomic E-state index is 5.37. The van der Waals surface area contributed by atoms with Gasteiger partial charge in [-0.1, -0.05) is 23.4 Å². The Morgan fingerprint density at radius 3 is 2.96 bits per heavy atom. The van der Waals surface area contributed by atoms with Crippen molar-refractivity contribution in [2.45, 2.75) is 6.04 Å². The molecule has 3 aromatic rings. The minimum Gasteiger partial charge on any atom is -0.332 e. The highest BCUT2D eigenvalue weighted by molar-refractivity contribution is 5.44. The van der Waals surface area contributed by atoms with E-state index in [4.69, 9.17) is 4.52 Å². The van der Waals surface area contributed by atoms with E-state index in [0.717, 1.165) is 25.3 Å². The van der Waals surface area contributed by atoms with Gasteiger partial charge in [-0.15, -0.1) is 5.10 Å². The number of nitrogens with one attached hydrogen (secondary N) is 1. The van der Waals surface area contributed by atoms with Gasteiger partial charge in [-0.05, 0) is 19.2 Å². The van der Waals surface area contributed by atoms with Crippen molar-refractivity contribution >= 4 is 0 Å². The van der Waals surface area contributed by atoms with Crippen molar-refractivity contribution < 1.29 is 4.52 Å². The minimum absolute atomic E-state index is 0.116. The molecule has 2 aromatic heterocycles. The van der Waals surface area contributed by atoms with Gasteiger partial charge in [0.2, 0.25) is 0 Å². The third kappa shape index (κ3) is 2.73. The molecule has 23 heavy (non-hydrogen) atoms. The lowest BCUT2D eigenvalue weighted by molar-refractivity contribution is 0.190. The van der Waals surface area contributed by atoms with Gasteiger partial charge in [0.1, 0.15) is 0 Å². The van der Waals surface area contributed by atoms with Gasteiger partial charge in [-0.3, -0.25) is 4.90 Å². The van der Waals surface area contributed by atoms with Crippen molar-refractivity contribution in [2.75, 3.05) is 26.7 Å². The minimum atomic E-state index is 0.116. The van der Waals surface area contributed by atoms with Crippen LogP contribution >= 0.6 is 0 Å². The number of likely N-dealkylation sites (N-methyl/N-ethyl adjacent to an activating group) is 1. The van der Waals surface area contributed by atoms with Crippen LogP contribution in [-0.4, -0.2) is 56.7 Å². The van der Waals surface area contributed by atoms with Crippen LogP contribution in [0.15, 0.2) is 41.1 Å². The fourth-order valence-corrected chi connectivity index (χ4v) is 2.62. The molecule has 8 nitrogen and oxygen atoms in total. The summed E-state index contributed by atoms with van der Waals surface area (Å²) in [6.07, 6.45) is 1.63. The molecule has 1 saturated heterocycles. The smallest absolute Gasteiger partial charge is 0.280 e. The summed E-state index contributed by atoms with van der Waals surface area (Å²) in [5, 5.41) is 16.1. The van der Waals surface area contributed by atoms with Gasteiger partial charge in [0.15, 0.2) is 11.5 Å². The van der Waals surface area contributed by atoms with Gasteiger partial charge in [0, 0.05) is 19.6 Å². The third-order valence-corrected chi connectivity index (χ3v) is 3.95. The zero-order valence-electron chi connectivity index (χ0n) is 12.8. The van der Waals surface area contributed by atoms with Crippen molar-refractivity contribution in [1.29, 1.82) is 0 Å². The van der Waals surface area contributed by atoms with Crippen molar-refractivity contribution in [1.82, 2.24) is 35.4 Å². The Kier molecular flexibility index (Phi) is 3.60. The Morgan fingerprint density at radius 1 is 1.26 bits per heavy atom. The normalized spacial score (nSPS) is 19.1. The first-order valence-electron chi connectivity index (χ1n) is 7.54. The Balaban J connectivity index is 1.59. The first-order chi connectivity index (χ1) is 11.3. The molecule has 1 N–H and O–H groups in total. The van der Waals surface area contributed by atoms with E-state index < -0.39 is 0 Å². The maximum absolute atomic E-state index is 5.37. The van der Waals surface area contributed by atoms with Gasteiger partial charge in [-0.25, -0.2) is 0 Å². The molecule has 1 aliphatic heterocycles. The van der Waals surface area contributed by atoms with Gasteiger partial charge >= 0.3 is 0 Å². The van der Waals surface area contributed by atoms with Gasteiger partial charge in [0.25, 0.3) is 5.89 Å². The second kappa shape index (κ2) is 5.90. The standard InChI is InChI=1S/C15H17N7O/c1-21-8-7-16-10-13(21)14-18-15(23-20-14)12-9-17-22(19-12)11-5-3-2-4-6-11/h2-6,9,13,16H,7-8,10H2,1H3. The Hall–Kier alpha value is -2.58. The highest BCUT2D eigenvalue weighted by Gasteiger charge is 2.26. The SMILES string of the molecule is CN1CCNCC1c1noc(-c2cnn(-c3ccccc3)n2)n1. The monoisotopic (exact) mass is 311 g/mol. The summed E-state index contributed by atoms with van der Waals surface area (Å²) in [5.41, 5.74) is 1.45. The van der Waals surface area contributed by atoms with Crippen LogP contribution < -0.4 is 5.32 Å². The Bertz CT molecular complexity index is 782. The van der Waals surface area contributed by atoms with Crippen LogP contribution in [0, 0.1) is 0 Å². The molecule has 118 valence electrons. The molecule has 8 heteroatoms. The van der Waals surface area contributed by atoms with E-state index in [1.807, 2.05) is 30.3 Å². The van der Waals surface area contributed by atoms with Gasteiger partial charge in [0.05, 0.1) is 17.9 Å². The number of para-hydroxylation sites is 1. The number of aromatic nitrogens is 5. The van der Waals surface area contributed by atoms with E-state index in [-0.39, 0.29) is 6.04 Å².